The molecule has 0 saturated carbocycles. The van der Waals surface area contributed by atoms with Crippen LogP contribution in [0.2, 0.25) is 5.02 Å². The Morgan fingerprint density at radius 3 is 3.25 bits per heavy atom. The number of aryl methyl sites for hydroxylation is 1. The van der Waals surface area contributed by atoms with E-state index in [1.165, 1.54) is 0 Å². The molecule has 20 heavy (non-hydrogen) atoms. The van der Waals surface area contributed by atoms with E-state index < -0.39 is 0 Å². The minimum atomic E-state index is 0.0391. The predicted octanol–water partition coefficient (Wildman–Crippen LogP) is 2.21. The Kier molecular flexibility index (Phi) is 3.74. The molecule has 1 aliphatic rings. The van der Waals surface area contributed by atoms with E-state index in [1.807, 2.05) is 36.7 Å². The molecule has 1 aromatic carbocycles. The molecule has 0 aliphatic carbocycles. The molecular weight excluding hydrogens is 274 g/mol. The number of aromatic nitrogens is 2. The number of nitrogens with one attached hydrogen (secondary N) is 1. The second-order valence-electron chi connectivity index (χ2n) is 5.10. The van der Waals surface area contributed by atoms with Crippen LogP contribution in [0.15, 0.2) is 36.7 Å². The maximum Gasteiger partial charge on any atom is 0.224 e. The third-order valence-electron chi connectivity index (χ3n) is 3.57. The summed E-state index contributed by atoms with van der Waals surface area (Å²) in [7, 11) is 0. The molecule has 3 rings (SSSR count). The van der Waals surface area contributed by atoms with Crippen LogP contribution in [-0.2, 0) is 24.2 Å². The molecular formula is C15H16ClN3O. The predicted molar refractivity (Wildman–Crippen MR) is 77.6 cm³/mol. The average molecular weight is 290 g/mol. The van der Waals surface area contributed by atoms with Crippen molar-refractivity contribution in [1.82, 2.24) is 14.9 Å². The third kappa shape index (κ3) is 3.02. The van der Waals surface area contributed by atoms with Crippen LogP contribution in [0.4, 0.5) is 0 Å². The van der Waals surface area contributed by atoms with Crippen LogP contribution in [0.5, 0.6) is 0 Å². The largest absolute Gasteiger partial charge is 0.353 e. The zero-order chi connectivity index (χ0) is 13.9. The second-order valence-corrected chi connectivity index (χ2v) is 5.54. The Labute approximate surface area is 122 Å². The Balaban J connectivity index is 1.57. The Morgan fingerprint density at radius 1 is 1.50 bits per heavy atom. The summed E-state index contributed by atoms with van der Waals surface area (Å²) in [5.74, 6) is 1.08. The molecule has 5 heteroatoms. The van der Waals surface area contributed by atoms with Crippen molar-refractivity contribution >= 4 is 17.5 Å². The van der Waals surface area contributed by atoms with E-state index in [4.69, 9.17) is 11.6 Å². The van der Waals surface area contributed by atoms with E-state index in [2.05, 4.69) is 14.9 Å². The summed E-state index contributed by atoms with van der Waals surface area (Å²) >= 11 is 5.92. The van der Waals surface area contributed by atoms with Crippen LogP contribution >= 0.6 is 11.6 Å². The van der Waals surface area contributed by atoms with Crippen molar-refractivity contribution in [2.45, 2.75) is 31.8 Å². The number of halogens is 1. The lowest BCUT2D eigenvalue weighted by atomic mass is 10.1. The molecule has 1 amide bonds. The van der Waals surface area contributed by atoms with Crippen molar-refractivity contribution in [2.75, 3.05) is 0 Å². The fourth-order valence-electron chi connectivity index (χ4n) is 2.59. The first-order chi connectivity index (χ1) is 9.70. The van der Waals surface area contributed by atoms with Gasteiger partial charge in [0, 0.05) is 36.4 Å². The van der Waals surface area contributed by atoms with Gasteiger partial charge in [0.25, 0.3) is 0 Å². The van der Waals surface area contributed by atoms with Gasteiger partial charge >= 0.3 is 0 Å². The van der Waals surface area contributed by atoms with E-state index in [1.54, 1.807) is 0 Å². The van der Waals surface area contributed by atoms with Gasteiger partial charge in [-0.15, -0.1) is 0 Å². The van der Waals surface area contributed by atoms with Gasteiger partial charge in [0.2, 0.25) is 5.91 Å². The normalized spacial score (nSPS) is 17.6. The number of amides is 1. The number of carbonyl (C=O) groups excluding carboxylic acids is 1. The summed E-state index contributed by atoms with van der Waals surface area (Å²) < 4.78 is 2.14. The van der Waals surface area contributed by atoms with Crippen LogP contribution in [0, 0.1) is 0 Å². The van der Waals surface area contributed by atoms with Crippen molar-refractivity contribution in [2.24, 2.45) is 0 Å². The highest BCUT2D eigenvalue weighted by Crippen LogP contribution is 2.14. The summed E-state index contributed by atoms with van der Waals surface area (Å²) in [4.78, 5) is 16.4. The smallest absolute Gasteiger partial charge is 0.224 e. The number of benzene rings is 1. The fraction of sp³-hybridized carbons (Fsp3) is 0.333. The van der Waals surface area contributed by atoms with Gasteiger partial charge in [-0.25, -0.2) is 4.98 Å². The van der Waals surface area contributed by atoms with Crippen LogP contribution < -0.4 is 5.32 Å². The fourth-order valence-corrected chi connectivity index (χ4v) is 2.80. The molecule has 4 nitrogen and oxygen atoms in total. The third-order valence-corrected chi connectivity index (χ3v) is 3.80. The standard InChI is InChI=1S/C15H16ClN3O/c16-12-3-1-2-11(8-12)9-15(20)18-13-4-6-19-7-5-17-14(19)10-13/h1-3,5,7-8,13H,4,6,9-10H2,(H,18,20). The molecule has 0 bridgehead atoms. The number of hydrogen-bond donors (Lipinski definition) is 1. The lowest BCUT2D eigenvalue weighted by molar-refractivity contribution is -0.121. The van der Waals surface area contributed by atoms with Crippen molar-refractivity contribution in [1.29, 1.82) is 0 Å². The zero-order valence-corrected chi connectivity index (χ0v) is 11.8. The minimum absolute atomic E-state index is 0.0391. The van der Waals surface area contributed by atoms with Crippen LogP contribution in [0.1, 0.15) is 17.8 Å². The van der Waals surface area contributed by atoms with Gasteiger partial charge in [-0.05, 0) is 24.1 Å². The quantitative estimate of drug-likeness (QED) is 0.942. The molecule has 1 unspecified atom stereocenters. The van der Waals surface area contributed by atoms with Gasteiger partial charge in [-0.3, -0.25) is 4.79 Å². The lowest BCUT2D eigenvalue weighted by Crippen LogP contribution is -2.40. The Morgan fingerprint density at radius 2 is 2.40 bits per heavy atom. The highest BCUT2D eigenvalue weighted by molar-refractivity contribution is 6.30. The maximum atomic E-state index is 12.1. The van der Waals surface area contributed by atoms with E-state index in [9.17, 15) is 4.79 Å². The minimum Gasteiger partial charge on any atom is -0.353 e. The van der Waals surface area contributed by atoms with Crippen LogP contribution in [0.3, 0.4) is 0 Å². The van der Waals surface area contributed by atoms with Crippen LogP contribution in [-0.4, -0.2) is 21.5 Å². The summed E-state index contributed by atoms with van der Waals surface area (Å²) in [6.07, 6.45) is 5.91. The van der Waals surface area contributed by atoms with Gasteiger partial charge < -0.3 is 9.88 Å². The van der Waals surface area contributed by atoms with E-state index in [0.717, 1.165) is 30.8 Å². The molecule has 104 valence electrons. The molecule has 0 fully saturated rings. The number of rotatable bonds is 3. The molecule has 1 aliphatic heterocycles. The number of imidazole rings is 1. The highest BCUT2D eigenvalue weighted by atomic mass is 35.5. The van der Waals surface area contributed by atoms with Gasteiger partial charge in [0.05, 0.1) is 6.42 Å². The first kappa shape index (κ1) is 13.2. The van der Waals surface area contributed by atoms with Crippen LogP contribution in [0.25, 0.3) is 0 Å². The topological polar surface area (TPSA) is 46.9 Å². The second kappa shape index (κ2) is 5.67. The van der Waals surface area contributed by atoms with E-state index in [0.29, 0.717) is 11.4 Å². The van der Waals surface area contributed by atoms with Gasteiger partial charge in [-0.2, -0.15) is 0 Å². The molecule has 1 N–H and O–H groups in total. The number of nitrogens with zero attached hydrogens (tertiary/aromatic N) is 2. The number of fused-ring (bicyclic) bond motifs is 1. The van der Waals surface area contributed by atoms with Gasteiger partial charge in [0.15, 0.2) is 0 Å². The van der Waals surface area contributed by atoms with Crippen molar-refractivity contribution in [3.63, 3.8) is 0 Å². The first-order valence-electron chi connectivity index (χ1n) is 6.74. The first-order valence-corrected chi connectivity index (χ1v) is 7.12. The molecule has 1 aromatic heterocycles. The maximum absolute atomic E-state index is 12.1. The Bertz CT molecular complexity index is 623. The van der Waals surface area contributed by atoms with Gasteiger partial charge in [0.1, 0.15) is 5.82 Å². The molecule has 1 atom stereocenters. The van der Waals surface area contributed by atoms with Crippen molar-refractivity contribution in [3.05, 3.63) is 53.1 Å². The summed E-state index contributed by atoms with van der Waals surface area (Å²) in [5.41, 5.74) is 0.937. The summed E-state index contributed by atoms with van der Waals surface area (Å²) in [5, 5.41) is 3.74. The highest BCUT2D eigenvalue weighted by Gasteiger charge is 2.20. The van der Waals surface area contributed by atoms with Crippen molar-refractivity contribution < 1.29 is 4.79 Å². The molecule has 0 spiro atoms. The van der Waals surface area contributed by atoms with Crippen molar-refractivity contribution in [3.8, 4) is 0 Å². The summed E-state index contributed by atoms with van der Waals surface area (Å²) in [6.45, 7) is 0.914. The van der Waals surface area contributed by atoms with E-state index in [-0.39, 0.29) is 11.9 Å². The molecule has 0 radical (unpaired) electrons. The average Bonchev–Trinajstić information content (AvgIpc) is 2.86. The zero-order valence-electron chi connectivity index (χ0n) is 11.1. The number of carbonyl (C=O) groups is 1. The summed E-state index contributed by atoms with van der Waals surface area (Å²) in [6, 6.07) is 7.59. The molecule has 2 heterocycles. The monoisotopic (exact) mass is 289 g/mol. The van der Waals surface area contributed by atoms with E-state index >= 15 is 0 Å². The SMILES string of the molecule is O=C(Cc1cccc(Cl)c1)NC1CCn2ccnc2C1. The molecule has 0 saturated heterocycles. The Hall–Kier alpha value is -1.81. The molecule has 2 aromatic rings. The lowest BCUT2D eigenvalue weighted by Gasteiger charge is -2.24. The number of hydrogen-bond acceptors (Lipinski definition) is 2. The van der Waals surface area contributed by atoms with Gasteiger partial charge in [-0.1, -0.05) is 23.7 Å².